The highest BCUT2D eigenvalue weighted by molar-refractivity contribution is 6.03. The number of hydrazone groups is 1. The molecule has 29 heavy (non-hydrogen) atoms. The molecule has 0 aliphatic carbocycles. The molecule has 0 saturated carbocycles. The minimum Gasteiger partial charge on any atom is -0.493 e. The second-order valence-corrected chi connectivity index (χ2v) is 6.77. The van der Waals surface area contributed by atoms with Gasteiger partial charge < -0.3 is 14.2 Å². The van der Waals surface area contributed by atoms with Gasteiger partial charge in [0.1, 0.15) is 0 Å². The molecule has 0 N–H and O–H groups in total. The van der Waals surface area contributed by atoms with Gasteiger partial charge in [0.15, 0.2) is 11.5 Å². The van der Waals surface area contributed by atoms with Gasteiger partial charge in [-0.3, -0.25) is 5.01 Å². The molecular weight excluding hydrogens is 364 g/mol. The number of hydrogen-bond donors (Lipinski definition) is 0. The lowest BCUT2D eigenvalue weighted by atomic mass is 9.97. The number of nitrogens with zero attached hydrogens (tertiary/aromatic N) is 2. The van der Waals surface area contributed by atoms with E-state index < -0.39 is 0 Å². The maximum atomic E-state index is 5.57. The van der Waals surface area contributed by atoms with Gasteiger partial charge in [0, 0.05) is 6.42 Å². The maximum absolute atomic E-state index is 5.57. The fourth-order valence-electron chi connectivity index (χ4n) is 3.69. The summed E-state index contributed by atoms with van der Waals surface area (Å²) < 4.78 is 16.6. The van der Waals surface area contributed by atoms with Crippen LogP contribution in [0.2, 0.25) is 0 Å². The highest BCUT2D eigenvalue weighted by atomic mass is 16.5. The van der Waals surface area contributed by atoms with E-state index in [4.69, 9.17) is 19.3 Å². The summed E-state index contributed by atoms with van der Waals surface area (Å²) in [6.07, 6.45) is 0.775. The molecule has 148 valence electrons. The molecule has 3 aromatic carbocycles. The fraction of sp³-hybridized carbons (Fsp3) is 0.208. The van der Waals surface area contributed by atoms with E-state index >= 15 is 0 Å². The van der Waals surface area contributed by atoms with Crippen LogP contribution in [0.4, 0.5) is 5.69 Å². The topological polar surface area (TPSA) is 43.3 Å². The van der Waals surface area contributed by atoms with Crippen LogP contribution in [-0.2, 0) is 0 Å². The standard InChI is InChI=1S/C24H24N2O3/c1-27-22-14-18(15-23(28-2)24(22)29-3)21-16-20(17-10-6-4-7-11-17)25-26(21)19-12-8-5-9-13-19/h4-15,21H,16H2,1-3H3/t21-/m1/s1. The van der Waals surface area contributed by atoms with Gasteiger partial charge >= 0.3 is 0 Å². The molecule has 0 unspecified atom stereocenters. The van der Waals surface area contributed by atoms with E-state index in [9.17, 15) is 0 Å². The van der Waals surface area contributed by atoms with Crippen molar-refractivity contribution < 1.29 is 14.2 Å². The average molecular weight is 388 g/mol. The van der Waals surface area contributed by atoms with Gasteiger partial charge in [0.05, 0.1) is 38.8 Å². The first kappa shape index (κ1) is 18.9. The number of hydrogen-bond acceptors (Lipinski definition) is 5. The molecule has 0 radical (unpaired) electrons. The molecule has 0 fully saturated rings. The van der Waals surface area contributed by atoms with Crippen LogP contribution < -0.4 is 19.2 Å². The molecule has 0 bridgehead atoms. The summed E-state index contributed by atoms with van der Waals surface area (Å²) in [5.41, 5.74) is 4.27. The Morgan fingerprint density at radius 3 is 1.93 bits per heavy atom. The van der Waals surface area contributed by atoms with Gasteiger partial charge in [0.25, 0.3) is 0 Å². The number of methoxy groups -OCH3 is 3. The first-order valence-electron chi connectivity index (χ1n) is 9.52. The molecule has 0 spiro atoms. The van der Waals surface area contributed by atoms with Crippen molar-refractivity contribution in [3.63, 3.8) is 0 Å². The lowest BCUT2D eigenvalue weighted by Crippen LogP contribution is -2.18. The maximum Gasteiger partial charge on any atom is 0.203 e. The quantitative estimate of drug-likeness (QED) is 0.591. The third kappa shape index (κ3) is 3.63. The van der Waals surface area contributed by atoms with E-state index in [0.29, 0.717) is 17.2 Å². The summed E-state index contributed by atoms with van der Waals surface area (Å²) in [5, 5.41) is 7.05. The third-order valence-electron chi connectivity index (χ3n) is 5.11. The van der Waals surface area contributed by atoms with E-state index in [2.05, 4.69) is 29.3 Å². The van der Waals surface area contributed by atoms with E-state index in [-0.39, 0.29) is 6.04 Å². The zero-order chi connectivity index (χ0) is 20.2. The number of para-hydroxylation sites is 1. The summed E-state index contributed by atoms with van der Waals surface area (Å²) in [7, 11) is 4.88. The highest BCUT2D eigenvalue weighted by Crippen LogP contribution is 2.44. The van der Waals surface area contributed by atoms with Crippen LogP contribution in [0.5, 0.6) is 17.2 Å². The Hall–Kier alpha value is -3.47. The van der Waals surface area contributed by atoms with Gasteiger partial charge in [-0.05, 0) is 35.4 Å². The van der Waals surface area contributed by atoms with Crippen molar-refractivity contribution >= 4 is 11.4 Å². The van der Waals surface area contributed by atoms with Crippen molar-refractivity contribution in [3.05, 3.63) is 83.9 Å². The van der Waals surface area contributed by atoms with Crippen LogP contribution in [0.1, 0.15) is 23.6 Å². The lowest BCUT2D eigenvalue weighted by Gasteiger charge is -2.25. The van der Waals surface area contributed by atoms with Crippen molar-refractivity contribution in [2.24, 2.45) is 5.10 Å². The Bertz CT molecular complexity index is 978. The first-order valence-corrected chi connectivity index (χ1v) is 9.52. The molecule has 0 saturated heterocycles. The summed E-state index contributed by atoms with van der Waals surface area (Å²) in [4.78, 5) is 0. The minimum absolute atomic E-state index is 0.0151. The van der Waals surface area contributed by atoms with E-state index in [1.165, 1.54) is 0 Å². The molecule has 5 heteroatoms. The third-order valence-corrected chi connectivity index (χ3v) is 5.11. The number of benzene rings is 3. The predicted octanol–water partition coefficient (Wildman–Crippen LogP) is 5.07. The van der Waals surface area contributed by atoms with E-state index in [1.807, 2.05) is 48.5 Å². The van der Waals surface area contributed by atoms with Crippen molar-refractivity contribution in [3.8, 4) is 17.2 Å². The Labute approximate surface area is 171 Å². The fourth-order valence-corrected chi connectivity index (χ4v) is 3.69. The van der Waals surface area contributed by atoms with Gasteiger partial charge in [-0.2, -0.15) is 5.10 Å². The van der Waals surface area contributed by atoms with Crippen LogP contribution in [0, 0.1) is 0 Å². The molecule has 0 amide bonds. The number of ether oxygens (including phenoxy) is 3. The number of anilines is 1. The van der Waals surface area contributed by atoms with Gasteiger partial charge in [-0.1, -0.05) is 48.5 Å². The Kier molecular flexibility index (Phi) is 5.38. The molecule has 5 nitrogen and oxygen atoms in total. The monoisotopic (exact) mass is 388 g/mol. The molecule has 4 rings (SSSR count). The van der Waals surface area contributed by atoms with Crippen LogP contribution in [-0.4, -0.2) is 27.0 Å². The van der Waals surface area contributed by atoms with Gasteiger partial charge in [0.2, 0.25) is 5.75 Å². The Morgan fingerprint density at radius 1 is 0.793 bits per heavy atom. The molecule has 1 heterocycles. The molecule has 1 aliphatic heterocycles. The van der Waals surface area contributed by atoms with E-state index in [0.717, 1.165) is 28.9 Å². The second kappa shape index (κ2) is 8.27. The lowest BCUT2D eigenvalue weighted by molar-refractivity contribution is 0.323. The predicted molar refractivity (Wildman–Crippen MR) is 115 cm³/mol. The minimum atomic E-state index is 0.0151. The number of rotatable bonds is 6. The Balaban J connectivity index is 1.80. The van der Waals surface area contributed by atoms with Crippen molar-refractivity contribution in [1.29, 1.82) is 0 Å². The largest absolute Gasteiger partial charge is 0.493 e. The van der Waals surface area contributed by atoms with E-state index in [1.54, 1.807) is 21.3 Å². The SMILES string of the molecule is COc1cc([C@H]2CC(c3ccccc3)=NN2c2ccccc2)cc(OC)c1OC. The normalized spacial score (nSPS) is 15.8. The molecular formula is C24H24N2O3. The van der Waals surface area contributed by atoms with Gasteiger partial charge in [-0.25, -0.2) is 0 Å². The zero-order valence-corrected chi connectivity index (χ0v) is 16.8. The second-order valence-electron chi connectivity index (χ2n) is 6.77. The van der Waals surface area contributed by atoms with Gasteiger partial charge in [-0.15, -0.1) is 0 Å². The van der Waals surface area contributed by atoms with Crippen LogP contribution in [0.15, 0.2) is 77.9 Å². The molecule has 1 atom stereocenters. The summed E-state index contributed by atoms with van der Waals surface area (Å²) in [6.45, 7) is 0. The highest BCUT2D eigenvalue weighted by Gasteiger charge is 2.31. The Morgan fingerprint density at radius 2 is 1.38 bits per heavy atom. The first-order chi connectivity index (χ1) is 14.2. The van der Waals surface area contributed by atoms with Crippen molar-refractivity contribution in [1.82, 2.24) is 0 Å². The summed E-state index contributed by atoms with van der Waals surface area (Å²) >= 11 is 0. The average Bonchev–Trinajstić information content (AvgIpc) is 3.24. The summed E-state index contributed by atoms with van der Waals surface area (Å²) in [6, 6.07) is 24.5. The van der Waals surface area contributed by atoms with Crippen molar-refractivity contribution in [2.75, 3.05) is 26.3 Å². The van der Waals surface area contributed by atoms with Crippen LogP contribution in [0.3, 0.4) is 0 Å². The smallest absolute Gasteiger partial charge is 0.203 e. The van der Waals surface area contributed by atoms with Crippen LogP contribution >= 0.6 is 0 Å². The van der Waals surface area contributed by atoms with Crippen LogP contribution in [0.25, 0.3) is 0 Å². The molecule has 0 aromatic heterocycles. The molecule has 3 aromatic rings. The van der Waals surface area contributed by atoms with Crippen molar-refractivity contribution in [2.45, 2.75) is 12.5 Å². The molecule has 1 aliphatic rings. The zero-order valence-electron chi connectivity index (χ0n) is 16.8. The summed E-state index contributed by atoms with van der Waals surface area (Å²) in [5.74, 6) is 1.87.